The Morgan fingerprint density at radius 1 is 1.15 bits per heavy atom. The van der Waals surface area contributed by atoms with E-state index in [-0.39, 0.29) is 6.04 Å². The summed E-state index contributed by atoms with van der Waals surface area (Å²) in [5, 5.41) is 7.98. The summed E-state index contributed by atoms with van der Waals surface area (Å²) in [5.41, 5.74) is 2.08. The fourth-order valence-electron chi connectivity index (χ4n) is 3.27. The normalized spacial score (nSPS) is 15.5. The second-order valence-corrected chi connectivity index (χ2v) is 7.16. The van der Waals surface area contributed by atoms with Gasteiger partial charge >= 0.3 is 0 Å². The third-order valence-electron chi connectivity index (χ3n) is 4.65. The molecule has 1 aliphatic rings. The first-order valence-corrected chi connectivity index (χ1v) is 9.63. The van der Waals surface area contributed by atoms with Gasteiger partial charge in [-0.1, -0.05) is 29.8 Å². The Labute approximate surface area is 165 Å². The van der Waals surface area contributed by atoms with Gasteiger partial charge in [0.1, 0.15) is 5.75 Å². The molecule has 4 nitrogen and oxygen atoms in total. The molecule has 0 spiro atoms. The molecule has 1 aliphatic heterocycles. The van der Waals surface area contributed by atoms with Gasteiger partial charge in [0, 0.05) is 17.3 Å². The lowest BCUT2D eigenvalue weighted by Crippen LogP contribution is -2.38. The van der Waals surface area contributed by atoms with E-state index in [1.54, 1.807) is 7.11 Å². The van der Waals surface area contributed by atoms with Crippen molar-refractivity contribution < 1.29 is 4.74 Å². The molecule has 3 rings (SSSR count). The Morgan fingerprint density at radius 3 is 2.50 bits per heavy atom. The van der Waals surface area contributed by atoms with E-state index in [0.29, 0.717) is 11.7 Å². The molecule has 0 aliphatic carbocycles. The summed E-state index contributed by atoms with van der Waals surface area (Å²) in [7, 11) is 1.65. The van der Waals surface area contributed by atoms with Crippen molar-refractivity contribution >= 4 is 34.6 Å². The van der Waals surface area contributed by atoms with Gasteiger partial charge in [-0.05, 0) is 74.0 Å². The van der Waals surface area contributed by atoms with Crippen LogP contribution in [-0.4, -0.2) is 36.8 Å². The van der Waals surface area contributed by atoms with E-state index in [0.717, 1.165) is 35.1 Å². The van der Waals surface area contributed by atoms with E-state index in [1.165, 1.54) is 12.8 Å². The van der Waals surface area contributed by atoms with E-state index in [9.17, 15) is 0 Å². The van der Waals surface area contributed by atoms with Gasteiger partial charge < -0.3 is 15.4 Å². The smallest absolute Gasteiger partial charge is 0.170 e. The van der Waals surface area contributed by atoms with Crippen molar-refractivity contribution in [3.63, 3.8) is 0 Å². The summed E-state index contributed by atoms with van der Waals surface area (Å²) in [4.78, 5) is 2.48. The molecule has 2 aromatic rings. The van der Waals surface area contributed by atoms with Crippen LogP contribution in [0.2, 0.25) is 5.02 Å². The van der Waals surface area contributed by atoms with Crippen LogP contribution in [0.1, 0.15) is 24.4 Å². The van der Waals surface area contributed by atoms with Crippen LogP contribution in [0.15, 0.2) is 48.5 Å². The monoisotopic (exact) mass is 389 g/mol. The molecule has 0 saturated carbocycles. The minimum Gasteiger partial charge on any atom is -0.497 e. The van der Waals surface area contributed by atoms with Crippen molar-refractivity contribution in [3.8, 4) is 5.75 Å². The zero-order valence-corrected chi connectivity index (χ0v) is 16.4. The highest BCUT2D eigenvalue weighted by Gasteiger charge is 2.25. The van der Waals surface area contributed by atoms with Crippen LogP contribution >= 0.6 is 23.8 Å². The summed E-state index contributed by atoms with van der Waals surface area (Å²) < 4.78 is 5.18. The van der Waals surface area contributed by atoms with Crippen molar-refractivity contribution in [3.05, 3.63) is 59.1 Å². The predicted octanol–water partition coefficient (Wildman–Crippen LogP) is 4.47. The van der Waals surface area contributed by atoms with Gasteiger partial charge in [0.25, 0.3) is 0 Å². The number of anilines is 1. The summed E-state index contributed by atoms with van der Waals surface area (Å²) in [6.45, 7) is 2.90. The zero-order valence-electron chi connectivity index (χ0n) is 14.9. The molecule has 0 unspecified atom stereocenters. The number of halogens is 1. The SMILES string of the molecule is COc1ccc(NC(=S)NC[C@H](c2ccccc2Cl)N2CCCC2)cc1. The van der Waals surface area contributed by atoms with Crippen LogP contribution in [0.5, 0.6) is 5.75 Å². The highest BCUT2D eigenvalue weighted by molar-refractivity contribution is 7.80. The van der Waals surface area contributed by atoms with Crippen molar-refractivity contribution in [1.29, 1.82) is 0 Å². The van der Waals surface area contributed by atoms with Gasteiger partial charge in [-0.25, -0.2) is 0 Å². The molecule has 1 fully saturated rings. The fourth-order valence-corrected chi connectivity index (χ4v) is 3.74. The van der Waals surface area contributed by atoms with E-state index >= 15 is 0 Å². The highest BCUT2D eigenvalue weighted by Crippen LogP contribution is 2.29. The summed E-state index contributed by atoms with van der Waals surface area (Å²) in [6, 6.07) is 16.0. The molecule has 26 heavy (non-hydrogen) atoms. The number of rotatable bonds is 6. The highest BCUT2D eigenvalue weighted by atomic mass is 35.5. The predicted molar refractivity (Wildman–Crippen MR) is 112 cm³/mol. The van der Waals surface area contributed by atoms with Gasteiger partial charge in [-0.2, -0.15) is 0 Å². The van der Waals surface area contributed by atoms with E-state index < -0.39 is 0 Å². The molecular formula is C20H24ClN3OS. The second kappa shape index (κ2) is 9.21. The molecule has 2 N–H and O–H groups in total. The molecule has 2 aromatic carbocycles. The quantitative estimate of drug-likeness (QED) is 0.713. The maximum Gasteiger partial charge on any atom is 0.170 e. The average Bonchev–Trinajstić information content (AvgIpc) is 3.18. The van der Waals surface area contributed by atoms with Gasteiger partial charge in [0.15, 0.2) is 5.11 Å². The third-order valence-corrected chi connectivity index (χ3v) is 5.24. The molecule has 138 valence electrons. The summed E-state index contributed by atoms with van der Waals surface area (Å²) in [5.74, 6) is 0.822. The van der Waals surface area contributed by atoms with Crippen LogP contribution in [0.4, 0.5) is 5.69 Å². The van der Waals surface area contributed by atoms with Gasteiger partial charge in [-0.15, -0.1) is 0 Å². The minimum absolute atomic E-state index is 0.210. The lowest BCUT2D eigenvalue weighted by atomic mass is 10.1. The lowest BCUT2D eigenvalue weighted by Gasteiger charge is -2.29. The van der Waals surface area contributed by atoms with Crippen LogP contribution in [0, 0.1) is 0 Å². The Balaban J connectivity index is 1.63. The van der Waals surface area contributed by atoms with Crippen molar-refractivity contribution in [2.24, 2.45) is 0 Å². The number of nitrogens with one attached hydrogen (secondary N) is 2. The van der Waals surface area contributed by atoms with Gasteiger partial charge in [0.2, 0.25) is 0 Å². The summed E-state index contributed by atoms with van der Waals surface area (Å²) in [6.07, 6.45) is 2.46. The molecule has 0 radical (unpaired) electrons. The standard InChI is InChI=1S/C20H24ClN3OS/c1-25-16-10-8-15(9-11-16)23-20(26)22-14-19(24-12-4-5-13-24)17-6-2-3-7-18(17)21/h2-3,6-11,19H,4-5,12-14H2,1H3,(H2,22,23,26)/t19-/m1/s1. The maximum atomic E-state index is 6.46. The molecule has 1 saturated heterocycles. The van der Waals surface area contributed by atoms with Crippen LogP contribution < -0.4 is 15.4 Å². The molecule has 6 heteroatoms. The number of methoxy groups -OCH3 is 1. The molecule has 1 heterocycles. The second-order valence-electron chi connectivity index (χ2n) is 6.34. The van der Waals surface area contributed by atoms with Gasteiger partial charge in [0.05, 0.1) is 13.2 Å². The Hall–Kier alpha value is -1.82. The zero-order chi connectivity index (χ0) is 18.4. The molecule has 1 atom stereocenters. The molecule has 0 aromatic heterocycles. The maximum absolute atomic E-state index is 6.46. The van der Waals surface area contributed by atoms with Crippen LogP contribution in [0.3, 0.4) is 0 Å². The topological polar surface area (TPSA) is 36.5 Å². The molecule has 0 amide bonds. The first-order chi connectivity index (χ1) is 12.7. The number of likely N-dealkylation sites (tertiary alicyclic amines) is 1. The lowest BCUT2D eigenvalue weighted by molar-refractivity contribution is 0.246. The number of ether oxygens (including phenoxy) is 1. The van der Waals surface area contributed by atoms with E-state index in [1.807, 2.05) is 42.5 Å². The number of hydrogen-bond acceptors (Lipinski definition) is 3. The fraction of sp³-hybridized carbons (Fsp3) is 0.350. The number of thiocarbonyl (C=S) groups is 1. The van der Waals surface area contributed by atoms with Crippen molar-refractivity contribution in [1.82, 2.24) is 10.2 Å². The molecule has 0 bridgehead atoms. The third kappa shape index (κ3) is 4.87. The minimum atomic E-state index is 0.210. The number of hydrogen-bond donors (Lipinski definition) is 2. The van der Waals surface area contributed by atoms with Crippen LogP contribution in [0.25, 0.3) is 0 Å². The summed E-state index contributed by atoms with van der Waals surface area (Å²) >= 11 is 11.9. The Bertz CT molecular complexity index is 732. The molecular weight excluding hydrogens is 366 g/mol. The average molecular weight is 390 g/mol. The van der Waals surface area contributed by atoms with E-state index in [2.05, 4.69) is 21.6 Å². The first-order valence-electron chi connectivity index (χ1n) is 8.85. The van der Waals surface area contributed by atoms with Crippen molar-refractivity contribution in [2.45, 2.75) is 18.9 Å². The van der Waals surface area contributed by atoms with E-state index in [4.69, 9.17) is 28.6 Å². The Morgan fingerprint density at radius 2 is 1.85 bits per heavy atom. The van der Waals surface area contributed by atoms with Crippen LogP contribution in [-0.2, 0) is 0 Å². The number of benzene rings is 2. The van der Waals surface area contributed by atoms with Gasteiger partial charge in [-0.3, -0.25) is 4.90 Å². The number of nitrogens with zero attached hydrogens (tertiary/aromatic N) is 1. The Kier molecular flexibility index (Phi) is 6.72. The first kappa shape index (κ1) is 19.0. The van der Waals surface area contributed by atoms with Crippen molar-refractivity contribution in [2.75, 3.05) is 32.1 Å². The largest absolute Gasteiger partial charge is 0.497 e.